The summed E-state index contributed by atoms with van der Waals surface area (Å²) in [4.78, 5) is 0. The molecule has 3 heteroatoms. The molecule has 0 aliphatic carbocycles. The third kappa shape index (κ3) is 4.03. The highest BCUT2D eigenvalue weighted by atomic mass is 79.9. The molecule has 1 N–H and O–H groups in total. The van der Waals surface area contributed by atoms with Crippen LogP contribution in [0.1, 0.15) is 30.9 Å². The lowest BCUT2D eigenvalue weighted by Gasteiger charge is -2.10. The summed E-state index contributed by atoms with van der Waals surface area (Å²) in [5.41, 5.74) is 0.582. The van der Waals surface area contributed by atoms with Crippen molar-refractivity contribution in [3.8, 4) is 12.3 Å². The van der Waals surface area contributed by atoms with Crippen LogP contribution in [0.4, 0.5) is 4.39 Å². The molecule has 0 fully saturated rings. The number of aliphatic hydroxyl groups is 1. The minimum absolute atomic E-state index is 0.352. The van der Waals surface area contributed by atoms with E-state index in [-0.39, 0.29) is 5.82 Å². The number of benzene rings is 1. The molecule has 1 aromatic rings. The van der Waals surface area contributed by atoms with Crippen LogP contribution < -0.4 is 0 Å². The van der Waals surface area contributed by atoms with Gasteiger partial charge in [-0.1, -0.05) is 15.9 Å². The van der Waals surface area contributed by atoms with Crippen LogP contribution in [0.2, 0.25) is 0 Å². The molecule has 15 heavy (non-hydrogen) atoms. The minimum Gasteiger partial charge on any atom is -0.388 e. The fraction of sp³-hybridized carbons (Fsp3) is 0.333. The quantitative estimate of drug-likeness (QED) is 0.657. The van der Waals surface area contributed by atoms with Crippen LogP contribution in [0.15, 0.2) is 22.7 Å². The first-order valence-corrected chi connectivity index (χ1v) is 5.50. The van der Waals surface area contributed by atoms with Gasteiger partial charge in [0.1, 0.15) is 5.82 Å². The summed E-state index contributed by atoms with van der Waals surface area (Å²) in [6, 6.07) is 4.41. The molecule has 0 spiro atoms. The molecule has 1 rings (SSSR count). The van der Waals surface area contributed by atoms with E-state index in [2.05, 4.69) is 21.9 Å². The van der Waals surface area contributed by atoms with E-state index in [1.165, 1.54) is 12.1 Å². The van der Waals surface area contributed by atoms with Gasteiger partial charge in [-0.05, 0) is 36.6 Å². The zero-order valence-corrected chi connectivity index (χ0v) is 9.80. The van der Waals surface area contributed by atoms with Crippen LogP contribution in [-0.2, 0) is 0 Å². The van der Waals surface area contributed by atoms with E-state index < -0.39 is 6.10 Å². The van der Waals surface area contributed by atoms with E-state index in [0.29, 0.717) is 22.9 Å². The van der Waals surface area contributed by atoms with E-state index in [4.69, 9.17) is 6.42 Å². The Labute approximate surface area is 97.4 Å². The fourth-order valence-corrected chi connectivity index (χ4v) is 1.81. The van der Waals surface area contributed by atoms with Crippen molar-refractivity contribution in [2.45, 2.75) is 25.4 Å². The molecule has 0 heterocycles. The predicted molar refractivity (Wildman–Crippen MR) is 61.7 cm³/mol. The summed E-state index contributed by atoms with van der Waals surface area (Å²) >= 11 is 3.18. The lowest BCUT2D eigenvalue weighted by Crippen LogP contribution is -1.98. The van der Waals surface area contributed by atoms with Gasteiger partial charge < -0.3 is 5.11 Å². The molecule has 0 radical (unpaired) electrons. The Hall–Kier alpha value is -0.850. The second-order valence-electron chi connectivity index (χ2n) is 3.31. The topological polar surface area (TPSA) is 20.2 Å². The maximum Gasteiger partial charge on any atom is 0.124 e. The van der Waals surface area contributed by atoms with E-state index in [0.717, 1.165) is 6.42 Å². The highest BCUT2D eigenvalue weighted by Crippen LogP contribution is 2.23. The Morgan fingerprint density at radius 3 is 2.80 bits per heavy atom. The molecule has 0 saturated heterocycles. The standard InChI is InChI=1S/C12H12BrFO/c1-2-3-4-5-12(15)9-6-10(13)8-11(14)7-9/h1,6-8,12,15H,3-5H2. The van der Waals surface area contributed by atoms with Crippen molar-refractivity contribution in [1.82, 2.24) is 0 Å². The normalized spacial score (nSPS) is 12.1. The van der Waals surface area contributed by atoms with Crippen molar-refractivity contribution >= 4 is 15.9 Å². The largest absolute Gasteiger partial charge is 0.388 e. The highest BCUT2D eigenvalue weighted by Gasteiger charge is 2.09. The molecule has 80 valence electrons. The van der Waals surface area contributed by atoms with E-state index in [1.807, 2.05) is 0 Å². The van der Waals surface area contributed by atoms with Gasteiger partial charge >= 0.3 is 0 Å². The van der Waals surface area contributed by atoms with Crippen LogP contribution in [0.25, 0.3) is 0 Å². The third-order valence-corrected chi connectivity index (χ3v) is 2.53. The zero-order chi connectivity index (χ0) is 11.3. The summed E-state index contributed by atoms with van der Waals surface area (Å²) in [7, 11) is 0. The Morgan fingerprint density at radius 2 is 2.20 bits per heavy atom. The van der Waals surface area contributed by atoms with E-state index in [1.54, 1.807) is 6.07 Å². The SMILES string of the molecule is C#CCCCC(O)c1cc(F)cc(Br)c1. The van der Waals surface area contributed by atoms with Gasteiger partial charge in [0.15, 0.2) is 0 Å². The lowest BCUT2D eigenvalue weighted by atomic mass is 10.0. The molecular formula is C12H12BrFO. The number of aliphatic hydroxyl groups excluding tert-OH is 1. The number of rotatable bonds is 4. The van der Waals surface area contributed by atoms with Crippen molar-refractivity contribution < 1.29 is 9.50 Å². The monoisotopic (exact) mass is 270 g/mol. The molecule has 0 bridgehead atoms. The summed E-state index contributed by atoms with van der Waals surface area (Å²) in [6.07, 6.45) is 6.38. The third-order valence-electron chi connectivity index (χ3n) is 2.07. The minimum atomic E-state index is -0.648. The number of hydrogen-bond donors (Lipinski definition) is 1. The first kappa shape index (κ1) is 12.2. The van der Waals surface area contributed by atoms with Crippen LogP contribution in [0.3, 0.4) is 0 Å². The average Bonchev–Trinajstić information content (AvgIpc) is 2.16. The molecule has 1 aromatic carbocycles. The second kappa shape index (κ2) is 5.89. The predicted octanol–water partition coefficient (Wildman–Crippen LogP) is 3.43. The molecule has 1 unspecified atom stereocenters. The van der Waals surface area contributed by atoms with Gasteiger partial charge in [-0.15, -0.1) is 12.3 Å². The second-order valence-corrected chi connectivity index (χ2v) is 4.23. The van der Waals surface area contributed by atoms with Crippen molar-refractivity contribution in [3.63, 3.8) is 0 Å². The molecule has 1 nitrogen and oxygen atoms in total. The van der Waals surface area contributed by atoms with Crippen molar-refractivity contribution in [2.75, 3.05) is 0 Å². The highest BCUT2D eigenvalue weighted by molar-refractivity contribution is 9.10. The lowest BCUT2D eigenvalue weighted by molar-refractivity contribution is 0.164. The Kier molecular flexibility index (Phi) is 4.80. The summed E-state index contributed by atoms with van der Waals surface area (Å²) in [6.45, 7) is 0. The van der Waals surface area contributed by atoms with Gasteiger partial charge in [0.05, 0.1) is 6.10 Å². The van der Waals surface area contributed by atoms with E-state index >= 15 is 0 Å². The van der Waals surface area contributed by atoms with Crippen LogP contribution in [-0.4, -0.2) is 5.11 Å². The Morgan fingerprint density at radius 1 is 1.47 bits per heavy atom. The molecule has 0 amide bonds. The van der Waals surface area contributed by atoms with Crippen LogP contribution >= 0.6 is 15.9 Å². The molecule has 1 atom stereocenters. The Bertz CT molecular complexity index is 350. The first-order valence-electron chi connectivity index (χ1n) is 4.71. The van der Waals surface area contributed by atoms with Gasteiger partial charge in [0.2, 0.25) is 0 Å². The first-order chi connectivity index (χ1) is 7.13. The molecular weight excluding hydrogens is 259 g/mol. The van der Waals surface area contributed by atoms with Crippen molar-refractivity contribution in [3.05, 3.63) is 34.1 Å². The molecule has 0 aliphatic rings. The van der Waals surface area contributed by atoms with Gasteiger partial charge in [-0.2, -0.15) is 0 Å². The molecule has 0 saturated carbocycles. The van der Waals surface area contributed by atoms with Gasteiger partial charge in [-0.3, -0.25) is 0 Å². The number of hydrogen-bond acceptors (Lipinski definition) is 1. The summed E-state index contributed by atoms with van der Waals surface area (Å²) < 4.78 is 13.6. The Balaban J connectivity index is 2.65. The average molecular weight is 271 g/mol. The maximum absolute atomic E-state index is 13.0. The summed E-state index contributed by atoms with van der Waals surface area (Å²) in [5, 5.41) is 9.74. The zero-order valence-electron chi connectivity index (χ0n) is 8.21. The fourth-order valence-electron chi connectivity index (χ4n) is 1.33. The van der Waals surface area contributed by atoms with Crippen LogP contribution in [0, 0.1) is 18.2 Å². The molecule has 0 aromatic heterocycles. The maximum atomic E-state index is 13.0. The van der Waals surface area contributed by atoms with Crippen molar-refractivity contribution in [1.29, 1.82) is 0 Å². The molecule has 0 aliphatic heterocycles. The van der Waals surface area contributed by atoms with E-state index in [9.17, 15) is 9.50 Å². The van der Waals surface area contributed by atoms with Crippen LogP contribution in [0.5, 0.6) is 0 Å². The smallest absolute Gasteiger partial charge is 0.124 e. The number of halogens is 2. The van der Waals surface area contributed by atoms with Gasteiger partial charge in [0.25, 0.3) is 0 Å². The van der Waals surface area contributed by atoms with Crippen molar-refractivity contribution in [2.24, 2.45) is 0 Å². The number of unbranched alkanes of at least 4 members (excludes halogenated alkanes) is 1. The number of terminal acetylenes is 1. The van der Waals surface area contributed by atoms with Gasteiger partial charge in [0, 0.05) is 10.9 Å². The summed E-state index contributed by atoms with van der Waals surface area (Å²) in [5.74, 6) is 2.15. The van der Waals surface area contributed by atoms with Gasteiger partial charge in [-0.25, -0.2) is 4.39 Å².